The number of hydrogen-bond acceptors (Lipinski definition) is 2. The molecule has 1 aliphatic carbocycles. The van der Waals surface area contributed by atoms with E-state index < -0.39 is 0 Å². The molecule has 0 radical (unpaired) electrons. The highest BCUT2D eigenvalue weighted by molar-refractivity contribution is 6.35. The average Bonchev–Trinajstić information content (AvgIpc) is 2.97. The predicted molar refractivity (Wildman–Crippen MR) is 76.2 cm³/mol. The molecule has 1 aromatic heterocycles. The average molecular weight is 275 g/mol. The summed E-state index contributed by atoms with van der Waals surface area (Å²) in [6.45, 7) is 0. The Morgan fingerprint density at radius 3 is 2.79 bits per heavy atom. The van der Waals surface area contributed by atoms with Crippen LogP contribution in [0.1, 0.15) is 31.2 Å². The van der Waals surface area contributed by atoms with Crippen molar-refractivity contribution in [3.05, 3.63) is 35.0 Å². The van der Waals surface area contributed by atoms with Gasteiger partial charge in [0.2, 0.25) is 6.08 Å². The molecule has 1 aliphatic rings. The number of rotatable bonds is 2. The molecule has 0 saturated heterocycles. The summed E-state index contributed by atoms with van der Waals surface area (Å²) in [6, 6.07) is 6.19. The first-order valence-electron chi connectivity index (χ1n) is 6.50. The van der Waals surface area contributed by atoms with E-state index in [-0.39, 0.29) is 5.54 Å². The Labute approximate surface area is 116 Å². The van der Waals surface area contributed by atoms with Crippen molar-refractivity contribution in [1.82, 2.24) is 4.57 Å². The van der Waals surface area contributed by atoms with Crippen molar-refractivity contribution in [3.63, 3.8) is 0 Å². The van der Waals surface area contributed by atoms with Crippen LogP contribution >= 0.6 is 11.6 Å². The van der Waals surface area contributed by atoms with Crippen molar-refractivity contribution in [2.24, 2.45) is 12.0 Å². The third-order valence-electron chi connectivity index (χ3n) is 4.17. The Kier molecular flexibility index (Phi) is 2.96. The molecular formula is C15H15ClN2O. The van der Waals surface area contributed by atoms with Gasteiger partial charge in [-0.2, -0.15) is 4.99 Å². The Balaban J connectivity index is 2.19. The summed E-state index contributed by atoms with van der Waals surface area (Å²) in [4.78, 5) is 14.9. The van der Waals surface area contributed by atoms with Gasteiger partial charge in [-0.05, 0) is 30.5 Å². The van der Waals surface area contributed by atoms with Gasteiger partial charge >= 0.3 is 0 Å². The van der Waals surface area contributed by atoms with E-state index in [1.807, 2.05) is 17.8 Å². The lowest BCUT2D eigenvalue weighted by atomic mass is 9.88. The fourth-order valence-electron chi connectivity index (χ4n) is 3.15. The first-order chi connectivity index (χ1) is 9.16. The van der Waals surface area contributed by atoms with Crippen LogP contribution < -0.4 is 0 Å². The monoisotopic (exact) mass is 274 g/mol. The lowest BCUT2D eigenvalue weighted by molar-refractivity contribution is 0.456. The SMILES string of the molecule is Cn1cc(Cl)c2cc(C3(N=C=O)CCCC3)ccc21. The van der Waals surface area contributed by atoms with Crippen molar-refractivity contribution >= 4 is 28.6 Å². The number of nitrogens with zero attached hydrogens (tertiary/aromatic N) is 2. The molecule has 19 heavy (non-hydrogen) atoms. The molecule has 3 nitrogen and oxygen atoms in total. The molecule has 0 unspecified atom stereocenters. The van der Waals surface area contributed by atoms with Gasteiger partial charge < -0.3 is 4.57 Å². The van der Waals surface area contributed by atoms with Gasteiger partial charge in [-0.1, -0.05) is 30.5 Å². The van der Waals surface area contributed by atoms with Gasteiger partial charge in [0.05, 0.1) is 10.6 Å². The van der Waals surface area contributed by atoms with E-state index in [1.165, 1.54) is 0 Å². The van der Waals surface area contributed by atoms with Gasteiger partial charge in [0.1, 0.15) is 0 Å². The zero-order valence-electron chi connectivity index (χ0n) is 10.8. The van der Waals surface area contributed by atoms with Crippen molar-refractivity contribution in [2.75, 3.05) is 0 Å². The zero-order chi connectivity index (χ0) is 13.5. The molecule has 2 aromatic rings. The third kappa shape index (κ3) is 1.90. The van der Waals surface area contributed by atoms with Crippen molar-refractivity contribution < 1.29 is 4.79 Å². The molecule has 0 N–H and O–H groups in total. The smallest absolute Gasteiger partial charge is 0.235 e. The van der Waals surface area contributed by atoms with E-state index in [0.717, 1.165) is 47.2 Å². The second kappa shape index (κ2) is 4.52. The Morgan fingerprint density at radius 1 is 1.37 bits per heavy atom. The van der Waals surface area contributed by atoms with Crippen LogP contribution in [-0.4, -0.2) is 10.6 Å². The topological polar surface area (TPSA) is 34.4 Å². The van der Waals surface area contributed by atoms with E-state index >= 15 is 0 Å². The zero-order valence-corrected chi connectivity index (χ0v) is 11.6. The summed E-state index contributed by atoms with van der Waals surface area (Å²) < 4.78 is 2.01. The van der Waals surface area contributed by atoms with Gasteiger partial charge in [0.25, 0.3) is 0 Å². The summed E-state index contributed by atoms with van der Waals surface area (Å²) in [7, 11) is 1.97. The number of fused-ring (bicyclic) bond motifs is 1. The number of carbonyl (C=O) groups excluding carboxylic acids is 1. The lowest BCUT2D eigenvalue weighted by Crippen LogP contribution is -2.18. The van der Waals surface area contributed by atoms with Crippen LogP contribution in [-0.2, 0) is 17.4 Å². The van der Waals surface area contributed by atoms with Gasteiger partial charge in [0.15, 0.2) is 0 Å². The van der Waals surface area contributed by atoms with E-state index in [0.29, 0.717) is 0 Å². The molecule has 3 rings (SSSR count). The molecule has 1 saturated carbocycles. The van der Waals surface area contributed by atoms with Crippen LogP contribution in [0.3, 0.4) is 0 Å². The number of halogens is 1. The number of isocyanates is 1. The normalized spacial score (nSPS) is 17.6. The Hall–Kier alpha value is -1.57. The maximum absolute atomic E-state index is 10.8. The fraction of sp³-hybridized carbons (Fsp3) is 0.400. The van der Waals surface area contributed by atoms with Crippen LogP contribution in [0.25, 0.3) is 10.9 Å². The minimum absolute atomic E-state index is 0.380. The molecule has 0 amide bonds. The summed E-state index contributed by atoms with van der Waals surface area (Å²) in [5.74, 6) is 0. The van der Waals surface area contributed by atoms with Gasteiger partial charge in [-0.3, -0.25) is 0 Å². The minimum atomic E-state index is -0.380. The first kappa shape index (κ1) is 12.5. The second-order valence-corrected chi connectivity index (χ2v) is 5.67. The highest BCUT2D eigenvalue weighted by atomic mass is 35.5. The molecule has 1 heterocycles. The highest BCUT2D eigenvalue weighted by Crippen LogP contribution is 2.43. The van der Waals surface area contributed by atoms with Crippen LogP contribution in [0.5, 0.6) is 0 Å². The molecule has 1 aromatic carbocycles. The number of hydrogen-bond donors (Lipinski definition) is 0. The predicted octanol–water partition coefficient (Wildman–Crippen LogP) is 3.94. The first-order valence-corrected chi connectivity index (χ1v) is 6.88. The number of aliphatic imine (C=N–C) groups is 1. The molecular weight excluding hydrogens is 260 g/mol. The van der Waals surface area contributed by atoms with Crippen molar-refractivity contribution in [1.29, 1.82) is 0 Å². The molecule has 0 aliphatic heterocycles. The maximum Gasteiger partial charge on any atom is 0.235 e. The quantitative estimate of drug-likeness (QED) is 0.603. The van der Waals surface area contributed by atoms with Gasteiger partial charge in [-0.25, -0.2) is 4.79 Å². The summed E-state index contributed by atoms with van der Waals surface area (Å²) in [5, 5.41) is 1.76. The van der Waals surface area contributed by atoms with Crippen LogP contribution in [0, 0.1) is 0 Å². The Morgan fingerprint density at radius 2 is 2.11 bits per heavy atom. The number of aromatic nitrogens is 1. The van der Waals surface area contributed by atoms with Crippen LogP contribution in [0.2, 0.25) is 5.02 Å². The van der Waals surface area contributed by atoms with Gasteiger partial charge in [-0.15, -0.1) is 0 Å². The Bertz CT molecular complexity index is 677. The van der Waals surface area contributed by atoms with Crippen molar-refractivity contribution in [3.8, 4) is 0 Å². The van der Waals surface area contributed by atoms with E-state index in [1.54, 1.807) is 6.08 Å². The van der Waals surface area contributed by atoms with Gasteiger partial charge in [0, 0.05) is 24.1 Å². The van der Waals surface area contributed by atoms with Crippen LogP contribution in [0.4, 0.5) is 0 Å². The second-order valence-electron chi connectivity index (χ2n) is 5.26. The minimum Gasteiger partial charge on any atom is -0.349 e. The number of benzene rings is 1. The highest BCUT2D eigenvalue weighted by Gasteiger charge is 2.35. The molecule has 0 bridgehead atoms. The third-order valence-corrected chi connectivity index (χ3v) is 4.47. The molecule has 0 atom stereocenters. The van der Waals surface area contributed by atoms with E-state index in [2.05, 4.69) is 23.2 Å². The molecule has 1 fully saturated rings. The summed E-state index contributed by atoms with van der Waals surface area (Å²) in [6.07, 6.45) is 7.69. The standard InChI is InChI=1S/C15H15ClN2O/c1-18-9-13(16)12-8-11(4-5-14(12)18)15(17-10-19)6-2-3-7-15/h4-5,8-9H,2-3,6-7H2,1H3. The molecule has 98 valence electrons. The largest absolute Gasteiger partial charge is 0.349 e. The summed E-state index contributed by atoms with van der Waals surface area (Å²) >= 11 is 6.25. The van der Waals surface area contributed by atoms with E-state index in [9.17, 15) is 4.79 Å². The van der Waals surface area contributed by atoms with E-state index in [4.69, 9.17) is 11.6 Å². The van der Waals surface area contributed by atoms with Crippen molar-refractivity contribution in [2.45, 2.75) is 31.2 Å². The maximum atomic E-state index is 10.8. The van der Waals surface area contributed by atoms with Crippen LogP contribution in [0.15, 0.2) is 29.4 Å². The summed E-state index contributed by atoms with van der Waals surface area (Å²) in [5.41, 5.74) is 1.79. The molecule has 4 heteroatoms. The lowest BCUT2D eigenvalue weighted by Gasteiger charge is -2.23. The number of aryl methyl sites for hydroxylation is 1. The fourth-order valence-corrected chi connectivity index (χ4v) is 3.44. The molecule has 0 spiro atoms.